The van der Waals surface area contributed by atoms with Crippen LogP contribution < -0.4 is 5.32 Å². The van der Waals surface area contributed by atoms with Crippen molar-refractivity contribution >= 4 is 5.91 Å². The van der Waals surface area contributed by atoms with E-state index in [0.29, 0.717) is 18.6 Å². The van der Waals surface area contributed by atoms with E-state index in [1.807, 2.05) is 18.2 Å². The van der Waals surface area contributed by atoms with Crippen molar-refractivity contribution in [3.8, 4) is 0 Å². The van der Waals surface area contributed by atoms with Crippen LogP contribution in [0.4, 0.5) is 0 Å². The third-order valence-corrected chi connectivity index (χ3v) is 5.20. The van der Waals surface area contributed by atoms with Crippen LogP contribution in [0.5, 0.6) is 0 Å². The molecule has 1 aliphatic heterocycles. The highest BCUT2D eigenvalue weighted by atomic mass is 16.2. The molecule has 2 aliphatic rings. The zero-order chi connectivity index (χ0) is 14.7. The molecule has 2 atom stereocenters. The predicted octanol–water partition coefficient (Wildman–Crippen LogP) is 2.96. The van der Waals surface area contributed by atoms with Crippen molar-refractivity contribution in [2.75, 3.05) is 6.67 Å². The molecule has 0 aromatic heterocycles. The first-order valence-corrected chi connectivity index (χ1v) is 8.33. The van der Waals surface area contributed by atoms with Gasteiger partial charge in [0.15, 0.2) is 0 Å². The van der Waals surface area contributed by atoms with E-state index in [1.165, 1.54) is 37.7 Å². The fourth-order valence-corrected chi connectivity index (χ4v) is 3.80. The molecular weight excluding hydrogens is 260 g/mol. The largest absolute Gasteiger partial charge is 0.326 e. The Morgan fingerprint density at radius 1 is 1.19 bits per heavy atom. The summed E-state index contributed by atoms with van der Waals surface area (Å²) in [6.07, 6.45) is 7.40. The molecule has 1 amide bonds. The summed E-state index contributed by atoms with van der Waals surface area (Å²) in [6, 6.07) is 10.6. The van der Waals surface area contributed by atoms with Crippen LogP contribution in [0.25, 0.3) is 0 Å². The first-order valence-electron chi connectivity index (χ1n) is 8.33. The van der Waals surface area contributed by atoms with Crippen LogP contribution in [0.2, 0.25) is 0 Å². The summed E-state index contributed by atoms with van der Waals surface area (Å²) >= 11 is 0. The molecule has 0 bridgehead atoms. The Balaban J connectivity index is 1.60. The van der Waals surface area contributed by atoms with E-state index in [0.717, 1.165) is 6.42 Å². The van der Waals surface area contributed by atoms with Gasteiger partial charge in [-0.15, -0.1) is 0 Å². The maximum absolute atomic E-state index is 12.7. The van der Waals surface area contributed by atoms with Gasteiger partial charge in [0.2, 0.25) is 5.91 Å². The molecule has 2 fully saturated rings. The predicted molar refractivity (Wildman–Crippen MR) is 84.8 cm³/mol. The highest BCUT2D eigenvalue weighted by Crippen LogP contribution is 2.30. The van der Waals surface area contributed by atoms with Crippen molar-refractivity contribution in [1.29, 1.82) is 0 Å². The van der Waals surface area contributed by atoms with Gasteiger partial charge in [-0.2, -0.15) is 0 Å². The summed E-state index contributed by atoms with van der Waals surface area (Å²) in [4.78, 5) is 14.7. The molecular formula is C18H26N2O. The number of carbonyl (C=O) groups excluding carboxylic acids is 1. The lowest BCUT2D eigenvalue weighted by atomic mass is 9.84. The molecule has 1 heterocycles. The van der Waals surface area contributed by atoms with E-state index in [9.17, 15) is 4.79 Å². The fraction of sp³-hybridized carbons (Fsp3) is 0.611. The van der Waals surface area contributed by atoms with Gasteiger partial charge in [0.1, 0.15) is 0 Å². The van der Waals surface area contributed by atoms with Crippen LogP contribution in [0, 0.1) is 5.92 Å². The van der Waals surface area contributed by atoms with E-state index in [2.05, 4.69) is 29.3 Å². The Labute approximate surface area is 127 Å². The number of hydrogen-bond donors (Lipinski definition) is 1. The normalized spacial score (nSPS) is 25.3. The topological polar surface area (TPSA) is 32.3 Å². The molecule has 3 nitrogen and oxygen atoms in total. The lowest BCUT2D eigenvalue weighted by molar-refractivity contribution is -0.131. The molecule has 3 rings (SSSR count). The van der Waals surface area contributed by atoms with Gasteiger partial charge in [0.05, 0.1) is 12.7 Å². The summed E-state index contributed by atoms with van der Waals surface area (Å²) in [5, 5.41) is 3.40. The first-order chi connectivity index (χ1) is 10.3. The van der Waals surface area contributed by atoms with Crippen molar-refractivity contribution in [2.45, 2.75) is 57.5 Å². The summed E-state index contributed by atoms with van der Waals surface area (Å²) in [5.74, 6) is 0.983. The van der Waals surface area contributed by atoms with Gasteiger partial charge >= 0.3 is 0 Å². The van der Waals surface area contributed by atoms with Crippen molar-refractivity contribution in [3.63, 3.8) is 0 Å². The van der Waals surface area contributed by atoms with Crippen LogP contribution in [0.3, 0.4) is 0 Å². The van der Waals surface area contributed by atoms with Crippen molar-refractivity contribution < 1.29 is 4.79 Å². The average molecular weight is 286 g/mol. The quantitative estimate of drug-likeness (QED) is 0.923. The lowest BCUT2D eigenvalue weighted by Crippen LogP contribution is -2.42. The average Bonchev–Trinajstić information content (AvgIpc) is 2.89. The fourth-order valence-electron chi connectivity index (χ4n) is 3.80. The Kier molecular flexibility index (Phi) is 4.59. The second-order valence-corrected chi connectivity index (χ2v) is 6.55. The SMILES string of the molecule is CC(C1CCCCC1)N1CNC(Cc2ccccc2)C1=O. The highest BCUT2D eigenvalue weighted by molar-refractivity contribution is 5.84. The van der Waals surface area contributed by atoms with Gasteiger partial charge in [-0.3, -0.25) is 10.1 Å². The standard InChI is InChI=1S/C18H26N2O/c1-14(16-10-6-3-7-11-16)20-13-19-17(18(20)21)12-15-8-4-2-5-9-15/h2,4-5,8-9,14,16-17,19H,3,6-7,10-13H2,1H3. The summed E-state index contributed by atoms with van der Waals surface area (Å²) in [5.41, 5.74) is 1.23. The molecule has 1 saturated carbocycles. The van der Waals surface area contributed by atoms with Gasteiger partial charge in [0.25, 0.3) is 0 Å². The molecule has 1 aromatic carbocycles. The van der Waals surface area contributed by atoms with E-state index in [1.54, 1.807) is 0 Å². The first kappa shape index (κ1) is 14.6. The van der Waals surface area contributed by atoms with E-state index >= 15 is 0 Å². The highest BCUT2D eigenvalue weighted by Gasteiger charge is 2.36. The van der Waals surface area contributed by atoms with E-state index in [-0.39, 0.29) is 11.9 Å². The molecule has 3 heteroatoms. The molecule has 1 aliphatic carbocycles. The third-order valence-electron chi connectivity index (χ3n) is 5.20. The van der Waals surface area contributed by atoms with E-state index in [4.69, 9.17) is 0 Å². The van der Waals surface area contributed by atoms with Gasteiger partial charge in [-0.1, -0.05) is 49.6 Å². The minimum atomic E-state index is -0.0431. The van der Waals surface area contributed by atoms with Crippen LogP contribution >= 0.6 is 0 Å². The van der Waals surface area contributed by atoms with Gasteiger partial charge < -0.3 is 4.90 Å². The van der Waals surface area contributed by atoms with Crippen molar-refractivity contribution in [3.05, 3.63) is 35.9 Å². The zero-order valence-electron chi connectivity index (χ0n) is 12.9. The van der Waals surface area contributed by atoms with Gasteiger partial charge in [-0.25, -0.2) is 0 Å². The second-order valence-electron chi connectivity index (χ2n) is 6.55. The van der Waals surface area contributed by atoms with Crippen LogP contribution in [-0.2, 0) is 11.2 Å². The molecule has 114 valence electrons. The monoisotopic (exact) mass is 286 g/mol. The Morgan fingerprint density at radius 2 is 1.90 bits per heavy atom. The molecule has 1 saturated heterocycles. The zero-order valence-corrected chi connectivity index (χ0v) is 12.9. The third kappa shape index (κ3) is 3.29. The number of hydrogen-bond acceptors (Lipinski definition) is 2. The number of nitrogens with zero attached hydrogens (tertiary/aromatic N) is 1. The van der Waals surface area contributed by atoms with Crippen LogP contribution in [0.1, 0.15) is 44.6 Å². The number of rotatable bonds is 4. The van der Waals surface area contributed by atoms with Crippen LogP contribution in [-0.4, -0.2) is 29.6 Å². The minimum Gasteiger partial charge on any atom is -0.326 e. The van der Waals surface area contributed by atoms with Gasteiger partial charge in [0, 0.05) is 6.04 Å². The molecule has 1 N–H and O–H groups in total. The minimum absolute atomic E-state index is 0.0431. The lowest BCUT2D eigenvalue weighted by Gasteiger charge is -2.33. The maximum Gasteiger partial charge on any atom is 0.241 e. The summed E-state index contributed by atoms with van der Waals surface area (Å²) in [7, 11) is 0. The Morgan fingerprint density at radius 3 is 2.62 bits per heavy atom. The van der Waals surface area contributed by atoms with Gasteiger partial charge in [-0.05, 0) is 37.7 Å². The maximum atomic E-state index is 12.7. The number of nitrogens with one attached hydrogen (secondary N) is 1. The van der Waals surface area contributed by atoms with Crippen molar-refractivity contribution in [1.82, 2.24) is 10.2 Å². The Bertz CT molecular complexity index is 467. The summed E-state index contributed by atoms with van der Waals surface area (Å²) in [6.45, 7) is 2.95. The number of amides is 1. The van der Waals surface area contributed by atoms with Crippen molar-refractivity contribution in [2.24, 2.45) is 5.92 Å². The summed E-state index contributed by atoms with van der Waals surface area (Å²) < 4.78 is 0. The number of benzene rings is 1. The molecule has 2 unspecified atom stereocenters. The molecule has 0 radical (unpaired) electrons. The second kappa shape index (κ2) is 6.61. The molecule has 21 heavy (non-hydrogen) atoms. The van der Waals surface area contributed by atoms with Crippen LogP contribution in [0.15, 0.2) is 30.3 Å². The molecule has 1 aromatic rings. The van der Waals surface area contributed by atoms with E-state index < -0.39 is 0 Å². The molecule has 0 spiro atoms. The Hall–Kier alpha value is -1.35. The smallest absolute Gasteiger partial charge is 0.241 e. The number of carbonyl (C=O) groups is 1.